The molecule has 3 aromatic carbocycles. The van der Waals surface area contributed by atoms with Crippen LogP contribution >= 0.6 is 23.4 Å². The van der Waals surface area contributed by atoms with E-state index in [4.69, 9.17) is 11.6 Å². The molecule has 0 atom stereocenters. The van der Waals surface area contributed by atoms with Gasteiger partial charge in [-0.15, -0.1) is 10.2 Å². The van der Waals surface area contributed by atoms with E-state index in [9.17, 15) is 4.79 Å². The van der Waals surface area contributed by atoms with Gasteiger partial charge in [-0.3, -0.25) is 9.36 Å². The van der Waals surface area contributed by atoms with Crippen LogP contribution in [0, 0.1) is 6.92 Å². The Kier molecular flexibility index (Phi) is 6.93. The molecule has 4 rings (SSSR count). The van der Waals surface area contributed by atoms with E-state index in [2.05, 4.69) is 46.7 Å². The quantitative estimate of drug-likeness (QED) is 0.333. The lowest BCUT2D eigenvalue weighted by molar-refractivity contribution is -0.113. The normalized spacial score (nSPS) is 10.8. The van der Waals surface area contributed by atoms with Crippen LogP contribution in [0.1, 0.15) is 18.1 Å². The standard InChI is InChI=1S/C25H23ClN4OS/c1-3-18-7-13-22(14-8-18)30-24(19-9-11-20(26)12-10-19)28-29-25(30)32-16-23(31)27-21-6-4-5-17(2)15-21/h4-15H,3,16H2,1-2H3,(H,27,31). The summed E-state index contributed by atoms with van der Waals surface area (Å²) >= 11 is 7.42. The second-order valence-corrected chi connectivity index (χ2v) is 8.75. The number of hydrogen-bond donors (Lipinski definition) is 1. The number of carbonyl (C=O) groups excluding carboxylic acids is 1. The number of thioether (sulfide) groups is 1. The first kappa shape index (κ1) is 22.1. The largest absolute Gasteiger partial charge is 0.325 e. The molecule has 1 N–H and O–H groups in total. The van der Waals surface area contributed by atoms with E-state index in [1.54, 1.807) is 0 Å². The zero-order valence-corrected chi connectivity index (χ0v) is 19.5. The van der Waals surface area contributed by atoms with Crippen LogP contribution in [0.3, 0.4) is 0 Å². The lowest BCUT2D eigenvalue weighted by Crippen LogP contribution is -2.14. The molecule has 5 nitrogen and oxygen atoms in total. The Labute approximate surface area is 196 Å². The molecule has 0 unspecified atom stereocenters. The van der Waals surface area contributed by atoms with Gasteiger partial charge < -0.3 is 5.32 Å². The lowest BCUT2D eigenvalue weighted by Gasteiger charge is -2.11. The van der Waals surface area contributed by atoms with E-state index in [1.807, 2.05) is 60.0 Å². The maximum Gasteiger partial charge on any atom is 0.234 e. The summed E-state index contributed by atoms with van der Waals surface area (Å²) in [5.74, 6) is 0.830. The third kappa shape index (κ3) is 5.21. The van der Waals surface area contributed by atoms with Crippen LogP contribution in [0.4, 0.5) is 5.69 Å². The number of carbonyl (C=O) groups is 1. The maximum atomic E-state index is 12.5. The van der Waals surface area contributed by atoms with Crippen molar-refractivity contribution in [3.8, 4) is 17.1 Å². The van der Waals surface area contributed by atoms with Gasteiger partial charge in [0.05, 0.1) is 5.75 Å². The van der Waals surface area contributed by atoms with Gasteiger partial charge in [-0.05, 0) is 73.0 Å². The SMILES string of the molecule is CCc1ccc(-n2c(SCC(=O)Nc3cccc(C)c3)nnc2-c2ccc(Cl)cc2)cc1. The summed E-state index contributed by atoms with van der Waals surface area (Å²) in [6.45, 7) is 4.12. The molecule has 1 heterocycles. The number of aryl methyl sites for hydroxylation is 2. The topological polar surface area (TPSA) is 59.8 Å². The Bertz CT molecular complexity index is 1220. The van der Waals surface area contributed by atoms with E-state index in [1.165, 1.54) is 17.3 Å². The zero-order chi connectivity index (χ0) is 22.5. The molecule has 0 radical (unpaired) electrons. The number of aromatic nitrogens is 3. The van der Waals surface area contributed by atoms with E-state index >= 15 is 0 Å². The minimum atomic E-state index is -0.0930. The van der Waals surface area contributed by atoms with Gasteiger partial charge in [-0.1, -0.05) is 54.6 Å². The van der Waals surface area contributed by atoms with Gasteiger partial charge in [0.25, 0.3) is 0 Å². The zero-order valence-electron chi connectivity index (χ0n) is 17.9. The molecule has 0 saturated heterocycles. The number of hydrogen-bond acceptors (Lipinski definition) is 4. The predicted molar refractivity (Wildman–Crippen MR) is 132 cm³/mol. The number of halogens is 1. The van der Waals surface area contributed by atoms with Gasteiger partial charge in [0.2, 0.25) is 5.91 Å². The first-order valence-corrected chi connectivity index (χ1v) is 11.7. The summed E-state index contributed by atoms with van der Waals surface area (Å²) in [5.41, 5.74) is 4.98. The highest BCUT2D eigenvalue weighted by Crippen LogP contribution is 2.29. The summed E-state index contributed by atoms with van der Waals surface area (Å²) in [5, 5.41) is 13.1. The van der Waals surface area contributed by atoms with Crippen molar-refractivity contribution in [1.82, 2.24) is 14.8 Å². The highest BCUT2D eigenvalue weighted by Gasteiger charge is 2.17. The van der Waals surface area contributed by atoms with Gasteiger partial charge >= 0.3 is 0 Å². The Hall–Kier alpha value is -3.09. The summed E-state index contributed by atoms with van der Waals surface area (Å²) in [4.78, 5) is 12.5. The van der Waals surface area contributed by atoms with Crippen LogP contribution in [0.2, 0.25) is 5.02 Å². The molecule has 162 valence electrons. The molecule has 0 fully saturated rings. The average Bonchev–Trinajstić information content (AvgIpc) is 3.22. The third-order valence-electron chi connectivity index (χ3n) is 4.97. The molecule has 7 heteroatoms. The number of benzene rings is 3. The second-order valence-electron chi connectivity index (χ2n) is 7.37. The van der Waals surface area contributed by atoms with Crippen LogP contribution in [0.5, 0.6) is 0 Å². The van der Waals surface area contributed by atoms with Crippen molar-refractivity contribution in [1.29, 1.82) is 0 Å². The van der Waals surface area contributed by atoms with Gasteiger partial charge in [-0.2, -0.15) is 0 Å². The second kappa shape index (κ2) is 10.0. The summed E-state index contributed by atoms with van der Waals surface area (Å²) in [7, 11) is 0. The van der Waals surface area contributed by atoms with E-state index in [-0.39, 0.29) is 11.7 Å². The Balaban J connectivity index is 1.61. The Morgan fingerprint density at radius 3 is 2.47 bits per heavy atom. The summed E-state index contributed by atoms with van der Waals surface area (Å²) in [6, 6.07) is 23.5. The molecule has 4 aromatic rings. The summed E-state index contributed by atoms with van der Waals surface area (Å²) < 4.78 is 1.98. The smallest absolute Gasteiger partial charge is 0.234 e. The highest BCUT2D eigenvalue weighted by molar-refractivity contribution is 7.99. The molecule has 0 aliphatic rings. The molecular weight excluding hydrogens is 440 g/mol. The van der Waals surface area contributed by atoms with Crippen molar-refractivity contribution < 1.29 is 4.79 Å². The average molecular weight is 463 g/mol. The van der Waals surface area contributed by atoms with Gasteiger partial charge in [0.1, 0.15) is 0 Å². The third-order valence-corrected chi connectivity index (χ3v) is 6.15. The van der Waals surface area contributed by atoms with Gasteiger partial charge in [0.15, 0.2) is 11.0 Å². The predicted octanol–water partition coefficient (Wildman–Crippen LogP) is 6.19. The Morgan fingerprint density at radius 2 is 1.78 bits per heavy atom. The minimum absolute atomic E-state index is 0.0930. The molecular formula is C25H23ClN4OS. The molecule has 0 spiro atoms. The molecule has 0 saturated carbocycles. The molecule has 0 bridgehead atoms. The molecule has 1 amide bonds. The lowest BCUT2D eigenvalue weighted by atomic mass is 10.1. The first-order chi connectivity index (χ1) is 15.5. The number of nitrogens with one attached hydrogen (secondary N) is 1. The van der Waals surface area contributed by atoms with E-state index < -0.39 is 0 Å². The number of anilines is 1. The highest BCUT2D eigenvalue weighted by atomic mass is 35.5. The van der Waals surface area contributed by atoms with Crippen molar-refractivity contribution in [2.75, 3.05) is 11.1 Å². The number of amides is 1. The molecule has 32 heavy (non-hydrogen) atoms. The van der Waals surface area contributed by atoms with E-state index in [0.29, 0.717) is 16.0 Å². The van der Waals surface area contributed by atoms with Crippen molar-refractivity contribution in [2.45, 2.75) is 25.4 Å². The van der Waals surface area contributed by atoms with Crippen LogP contribution in [-0.2, 0) is 11.2 Å². The van der Waals surface area contributed by atoms with Crippen molar-refractivity contribution in [2.24, 2.45) is 0 Å². The minimum Gasteiger partial charge on any atom is -0.325 e. The van der Waals surface area contributed by atoms with Crippen molar-refractivity contribution >= 4 is 35.0 Å². The van der Waals surface area contributed by atoms with Crippen LogP contribution in [-0.4, -0.2) is 26.4 Å². The number of rotatable bonds is 7. The monoisotopic (exact) mass is 462 g/mol. The van der Waals surface area contributed by atoms with Gasteiger partial charge in [0, 0.05) is 22.0 Å². The first-order valence-electron chi connectivity index (χ1n) is 10.3. The molecule has 0 aliphatic carbocycles. The molecule has 0 aliphatic heterocycles. The van der Waals surface area contributed by atoms with Crippen LogP contribution < -0.4 is 5.32 Å². The Morgan fingerprint density at radius 1 is 1.03 bits per heavy atom. The summed E-state index contributed by atoms with van der Waals surface area (Å²) in [6.07, 6.45) is 0.966. The van der Waals surface area contributed by atoms with E-state index in [0.717, 1.165) is 28.9 Å². The fraction of sp³-hybridized carbons (Fsp3) is 0.160. The number of nitrogens with zero attached hydrogens (tertiary/aromatic N) is 3. The molecule has 1 aromatic heterocycles. The van der Waals surface area contributed by atoms with Crippen LogP contribution in [0.25, 0.3) is 17.1 Å². The van der Waals surface area contributed by atoms with Crippen molar-refractivity contribution in [3.05, 3.63) is 88.9 Å². The maximum absolute atomic E-state index is 12.5. The fourth-order valence-electron chi connectivity index (χ4n) is 3.31. The van der Waals surface area contributed by atoms with Crippen LogP contribution in [0.15, 0.2) is 78.0 Å². The van der Waals surface area contributed by atoms with Gasteiger partial charge in [-0.25, -0.2) is 0 Å². The van der Waals surface area contributed by atoms with Crippen molar-refractivity contribution in [3.63, 3.8) is 0 Å². The fourth-order valence-corrected chi connectivity index (χ4v) is 4.19.